The van der Waals surface area contributed by atoms with Crippen LogP contribution in [0.5, 0.6) is 0 Å². The molecule has 0 N–H and O–H groups in total. The van der Waals surface area contributed by atoms with E-state index >= 15 is 0 Å². The van der Waals surface area contributed by atoms with Crippen LogP contribution in [0.1, 0.15) is 73.1 Å². The van der Waals surface area contributed by atoms with E-state index in [1.165, 1.54) is 12.8 Å². The van der Waals surface area contributed by atoms with Crippen LogP contribution in [0, 0.1) is 5.92 Å². The van der Waals surface area contributed by atoms with Gasteiger partial charge < -0.3 is 4.74 Å². The summed E-state index contributed by atoms with van der Waals surface area (Å²) in [6.07, 6.45) is 6.50. The number of allylic oxidation sites excluding steroid dienone is 2. The summed E-state index contributed by atoms with van der Waals surface area (Å²) < 4.78 is 5.47. The standard InChI is InChI=1S/C16H28O2/c1-6-7-12(2)13-8-10-14(11-9-13)15(17)18-16(3,4)5/h14H,6-11H2,1-5H3. The third kappa shape index (κ3) is 4.83. The van der Waals surface area contributed by atoms with Gasteiger partial charge in [-0.25, -0.2) is 0 Å². The molecule has 0 aromatic heterocycles. The molecule has 0 unspecified atom stereocenters. The van der Waals surface area contributed by atoms with Gasteiger partial charge in [0, 0.05) is 0 Å². The van der Waals surface area contributed by atoms with E-state index in [9.17, 15) is 4.79 Å². The number of esters is 1. The van der Waals surface area contributed by atoms with Crippen LogP contribution in [-0.4, -0.2) is 11.6 Å². The van der Waals surface area contributed by atoms with Crippen LogP contribution in [0.2, 0.25) is 0 Å². The normalized spacial score (nSPS) is 20.7. The lowest BCUT2D eigenvalue weighted by molar-refractivity contribution is -0.160. The largest absolute Gasteiger partial charge is 0.460 e. The SMILES string of the molecule is CCCC(C)=C1CCC(C(=O)OC(C)(C)C)CC1. The van der Waals surface area contributed by atoms with E-state index in [0.717, 1.165) is 25.7 Å². The van der Waals surface area contributed by atoms with Gasteiger partial charge in [0.15, 0.2) is 0 Å². The Bertz CT molecular complexity index is 310. The fourth-order valence-corrected chi connectivity index (χ4v) is 2.57. The second-order valence-electron chi connectivity index (χ2n) is 6.44. The van der Waals surface area contributed by atoms with Gasteiger partial charge in [-0.2, -0.15) is 0 Å². The summed E-state index contributed by atoms with van der Waals surface area (Å²) in [4.78, 5) is 12.0. The lowest BCUT2D eigenvalue weighted by Crippen LogP contribution is -2.30. The van der Waals surface area contributed by atoms with E-state index < -0.39 is 0 Å². The van der Waals surface area contributed by atoms with Crippen LogP contribution in [-0.2, 0) is 9.53 Å². The molecule has 1 aliphatic rings. The Balaban J connectivity index is 2.49. The van der Waals surface area contributed by atoms with Gasteiger partial charge in [-0.1, -0.05) is 24.5 Å². The number of hydrogen-bond acceptors (Lipinski definition) is 2. The molecule has 0 amide bonds. The first-order chi connectivity index (χ1) is 8.33. The van der Waals surface area contributed by atoms with Gasteiger partial charge in [0.2, 0.25) is 0 Å². The monoisotopic (exact) mass is 252 g/mol. The van der Waals surface area contributed by atoms with Crippen LogP contribution in [0.4, 0.5) is 0 Å². The molecular formula is C16H28O2. The zero-order valence-electron chi connectivity index (χ0n) is 12.6. The molecule has 0 aromatic carbocycles. The summed E-state index contributed by atoms with van der Waals surface area (Å²) in [5, 5.41) is 0. The van der Waals surface area contributed by atoms with Crippen molar-refractivity contribution in [3.63, 3.8) is 0 Å². The molecule has 2 nitrogen and oxygen atoms in total. The minimum Gasteiger partial charge on any atom is -0.460 e. The maximum Gasteiger partial charge on any atom is 0.309 e. The first-order valence-electron chi connectivity index (χ1n) is 7.24. The smallest absolute Gasteiger partial charge is 0.309 e. The fourth-order valence-electron chi connectivity index (χ4n) is 2.57. The number of hydrogen-bond donors (Lipinski definition) is 0. The van der Waals surface area contributed by atoms with Crippen molar-refractivity contribution in [1.29, 1.82) is 0 Å². The van der Waals surface area contributed by atoms with Crippen LogP contribution in [0.25, 0.3) is 0 Å². The van der Waals surface area contributed by atoms with Crippen molar-refractivity contribution in [2.24, 2.45) is 5.92 Å². The van der Waals surface area contributed by atoms with Gasteiger partial charge in [-0.05, 0) is 59.8 Å². The van der Waals surface area contributed by atoms with Crippen molar-refractivity contribution in [3.8, 4) is 0 Å². The second-order valence-corrected chi connectivity index (χ2v) is 6.44. The van der Waals surface area contributed by atoms with Gasteiger partial charge in [-0.3, -0.25) is 4.79 Å². The summed E-state index contributed by atoms with van der Waals surface area (Å²) in [6, 6.07) is 0. The number of ether oxygens (including phenoxy) is 1. The predicted octanol–water partition coefficient (Wildman–Crippen LogP) is 4.63. The average molecular weight is 252 g/mol. The summed E-state index contributed by atoms with van der Waals surface area (Å²) >= 11 is 0. The molecule has 1 aliphatic carbocycles. The Hall–Kier alpha value is -0.790. The van der Waals surface area contributed by atoms with E-state index in [-0.39, 0.29) is 17.5 Å². The van der Waals surface area contributed by atoms with Crippen LogP contribution >= 0.6 is 0 Å². The quantitative estimate of drug-likeness (QED) is 0.540. The van der Waals surface area contributed by atoms with E-state index in [1.54, 1.807) is 11.1 Å². The Morgan fingerprint density at radius 2 is 1.83 bits per heavy atom. The van der Waals surface area contributed by atoms with Crippen molar-refractivity contribution in [2.45, 2.75) is 78.7 Å². The minimum atomic E-state index is -0.356. The van der Waals surface area contributed by atoms with E-state index in [2.05, 4.69) is 13.8 Å². The minimum absolute atomic E-state index is 0.00491. The first kappa shape index (κ1) is 15.3. The molecule has 0 radical (unpaired) electrons. The average Bonchev–Trinajstić information content (AvgIpc) is 2.27. The lowest BCUT2D eigenvalue weighted by Gasteiger charge is -2.28. The number of carbonyl (C=O) groups is 1. The van der Waals surface area contributed by atoms with E-state index in [4.69, 9.17) is 4.74 Å². The first-order valence-corrected chi connectivity index (χ1v) is 7.24. The van der Waals surface area contributed by atoms with Crippen LogP contribution < -0.4 is 0 Å². The molecule has 18 heavy (non-hydrogen) atoms. The predicted molar refractivity (Wildman–Crippen MR) is 75.4 cm³/mol. The summed E-state index contributed by atoms with van der Waals surface area (Å²) in [5.41, 5.74) is 2.77. The Labute approximate surface area is 112 Å². The lowest BCUT2D eigenvalue weighted by atomic mass is 9.83. The molecule has 0 aliphatic heterocycles. The van der Waals surface area contributed by atoms with Gasteiger partial charge in [-0.15, -0.1) is 0 Å². The van der Waals surface area contributed by atoms with Crippen molar-refractivity contribution in [2.75, 3.05) is 0 Å². The third-order valence-electron chi connectivity index (χ3n) is 3.56. The summed E-state index contributed by atoms with van der Waals surface area (Å²) in [7, 11) is 0. The number of carbonyl (C=O) groups excluding carboxylic acids is 1. The molecule has 0 spiro atoms. The van der Waals surface area contributed by atoms with Crippen LogP contribution in [0.15, 0.2) is 11.1 Å². The Kier molecular flexibility index (Phi) is 5.43. The molecule has 0 saturated heterocycles. The highest BCUT2D eigenvalue weighted by Gasteiger charge is 2.28. The molecule has 0 atom stereocenters. The van der Waals surface area contributed by atoms with Crippen molar-refractivity contribution >= 4 is 5.97 Å². The maximum absolute atomic E-state index is 12.0. The highest BCUT2D eigenvalue weighted by molar-refractivity contribution is 5.73. The molecule has 0 bridgehead atoms. The second kappa shape index (κ2) is 6.40. The fraction of sp³-hybridized carbons (Fsp3) is 0.812. The summed E-state index contributed by atoms with van der Waals surface area (Å²) in [5.74, 6) is 0.108. The molecular weight excluding hydrogens is 224 g/mol. The van der Waals surface area contributed by atoms with Gasteiger partial charge in [0.1, 0.15) is 5.60 Å². The van der Waals surface area contributed by atoms with E-state index in [0.29, 0.717) is 0 Å². The Morgan fingerprint density at radius 1 is 1.28 bits per heavy atom. The zero-order chi connectivity index (χ0) is 13.8. The molecule has 1 rings (SSSR count). The van der Waals surface area contributed by atoms with Gasteiger partial charge in [0.05, 0.1) is 5.92 Å². The number of rotatable bonds is 3. The van der Waals surface area contributed by atoms with Crippen molar-refractivity contribution in [3.05, 3.63) is 11.1 Å². The molecule has 104 valence electrons. The van der Waals surface area contributed by atoms with E-state index in [1.807, 2.05) is 20.8 Å². The van der Waals surface area contributed by atoms with Crippen LogP contribution in [0.3, 0.4) is 0 Å². The molecule has 0 aromatic rings. The highest BCUT2D eigenvalue weighted by Crippen LogP contribution is 2.32. The maximum atomic E-state index is 12.0. The molecule has 2 heteroatoms. The third-order valence-corrected chi connectivity index (χ3v) is 3.56. The van der Waals surface area contributed by atoms with Gasteiger partial charge in [0.25, 0.3) is 0 Å². The van der Waals surface area contributed by atoms with Crippen molar-refractivity contribution in [1.82, 2.24) is 0 Å². The zero-order valence-corrected chi connectivity index (χ0v) is 12.6. The molecule has 0 heterocycles. The molecule has 1 fully saturated rings. The highest BCUT2D eigenvalue weighted by atomic mass is 16.6. The Morgan fingerprint density at radius 3 is 2.28 bits per heavy atom. The van der Waals surface area contributed by atoms with Crippen molar-refractivity contribution < 1.29 is 9.53 Å². The summed E-state index contributed by atoms with van der Waals surface area (Å²) in [6.45, 7) is 10.3. The molecule has 1 saturated carbocycles. The topological polar surface area (TPSA) is 26.3 Å². The van der Waals surface area contributed by atoms with Gasteiger partial charge >= 0.3 is 5.97 Å².